The zero-order chi connectivity index (χ0) is 51.6. The predicted octanol–water partition coefficient (Wildman–Crippen LogP) is 4.11. The van der Waals surface area contributed by atoms with Crippen molar-refractivity contribution in [3.8, 4) is 11.5 Å². The predicted molar refractivity (Wildman–Crippen MR) is 259 cm³/mol. The van der Waals surface area contributed by atoms with Crippen LogP contribution in [0.5, 0.6) is 11.5 Å². The molecule has 0 radical (unpaired) electrons. The minimum Gasteiger partial charge on any atom is -0.492 e. The molecule has 6 fully saturated rings. The number of nitrogen functional groups attached to an aromatic ring is 2. The number of nitrogens with two attached hydrogens (primary N) is 2. The van der Waals surface area contributed by atoms with Gasteiger partial charge in [-0.2, -0.15) is 13.7 Å². The monoisotopic (exact) mass is 998 g/mol. The zero-order valence-corrected chi connectivity index (χ0v) is 41.4. The number of anilines is 1. The van der Waals surface area contributed by atoms with Gasteiger partial charge in [-0.1, -0.05) is 0 Å². The van der Waals surface area contributed by atoms with Gasteiger partial charge in [0.05, 0.1) is 25.0 Å². The lowest BCUT2D eigenvalue weighted by atomic mass is 9.98. The molecule has 6 aliphatic rings. The van der Waals surface area contributed by atoms with Crippen molar-refractivity contribution in [2.24, 2.45) is 23.7 Å². The normalized spacial score (nSPS) is 23.6. The number of amides is 2. The Bertz CT molecular complexity index is 2990. The Labute approximate surface area is 406 Å². The van der Waals surface area contributed by atoms with Crippen molar-refractivity contribution in [1.82, 2.24) is 34.4 Å². The van der Waals surface area contributed by atoms with E-state index in [2.05, 4.69) is 16.0 Å². The molecule has 2 aromatic heterocycles. The number of ether oxygens (including phenoxy) is 4. The van der Waals surface area contributed by atoms with Gasteiger partial charge in [0, 0.05) is 49.7 Å². The Kier molecular flexibility index (Phi) is 13.9. The van der Waals surface area contributed by atoms with Crippen LogP contribution in [-0.2, 0) is 9.47 Å². The van der Waals surface area contributed by atoms with Gasteiger partial charge in [-0.05, 0) is 129 Å². The van der Waals surface area contributed by atoms with E-state index in [4.69, 9.17) is 30.6 Å². The van der Waals surface area contributed by atoms with Crippen molar-refractivity contribution in [1.29, 1.82) is 0 Å². The first-order valence-electron chi connectivity index (χ1n) is 24.2. The first-order chi connectivity index (χ1) is 33.4. The number of nitrogens with one attached hydrogen (secondary N) is 3. The van der Waals surface area contributed by atoms with E-state index in [1.54, 1.807) is 0 Å². The Morgan fingerprint density at radius 1 is 0.634 bits per heavy atom. The Balaban J connectivity index is 0.000000158. The second-order valence-corrected chi connectivity index (χ2v) is 21.4. The van der Waals surface area contributed by atoms with Crippen LogP contribution in [0.1, 0.15) is 105 Å². The van der Waals surface area contributed by atoms with Crippen LogP contribution in [0.3, 0.4) is 0 Å². The summed E-state index contributed by atoms with van der Waals surface area (Å²) >= 11 is 0. The minimum atomic E-state index is -1.23. The number of hydrogen-bond acceptors (Lipinski definition) is 14. The topological polar surface area (TPSA) is 250 Å². The third kappa shape index (κ3) is 10.2. The largest absolute Gasteiger partial charge is 0.492 e. The molecule has 4 saturated carbocycles. The first kappa shape index (κ1) is 51.0. The lowest BCUT2D eigenvalue weighted by molar-refractivity contribution is 0.0481. The number of carbonyl (C=O) groups is 2. The number of rotatable bonds is 7. The number of halogens is 3. The summed E-state index contributed by atoms with van der Waals surface area (Å²) in [7, 11) is 2.56. The molecule has 4 heterocycles. The summed E-state index contributed by atoms with van der Waals surface area (Å²) in [4.78, 5) is 75.5. The molecule has 2 saturated heterocycles. The quantitative estimate of drug-likeness (QED) is 0.164. The van der Waals surface area contributed by atoms with E-state index in [-0.39, 0.29) is 69.3 Å². The van der Waals surface area contributed by atoms with Crippen molar-refractivity contribution >= 4 is 39.7 Å². The second kappa shape index (κ2) is 19.3. The van der Waals surface area contributed by atoms with Crippen LogP contribution in [0, 0.1) is 41.1 Å². The molecule has 7 N–H and O–H groups in total. The molecule has 71 heavy (non-hydrogen) atoms. The standard InChI is InChI=1S/C24H32FN5O5.C12H11F2N3O3.C12H22N2O2/c1-24(2,3)35-22(32)27-17-8-5-12-10-28(11-15(12)17)19-16(25)9-14-18(20(19)34-4)29(13-6-7-13)23(33)30(26)21(14)31;1-20-10-8(14)7(13)4-6-9(10)16(5-2-3-5)12(19)17(15)11(6)18;1-12(2,3)16-11(15)14-10-5-4-8-6-13-7-9(8)10/h9,12-13,15,17H,5-8,10-11,26H2,1-4H3,(H,27,32);4-5H,2-3,15H2,1H3;8-10,13H,4-7H2,1-3H3,(H,14,15). The number of benzene rings is 2. The molecule has 10 rings (SSSR count). The highest BCUT2D eigenvalue weighted by Gasteiger charge is 2.46. The summed E-state index contributed by atoms with van der Waals surface area (Å²) < 4.78 is 67.7. The van der Waals surface area contributed by atoms with Crippen LogP contribution in [0.2, 0.25) is 0 Å². The van der Waals surface area contributed by atoms with Crippen molar-refractivity contribution in [2.75, 3.05) is 57.0 Å². The molecule has 6 atom stereocenters. The summed E-state index contributed by atoms with van der Waals surface area (Å²) in [6.07, 6.45) is 6.26. The number of fused-ring (bicyclic) bond motifs is 4. The van der Waals surface area contributed by atoms with Crippen LogP contribution >= 0.6 is 0 Å². The van der Waals surface area contributed by atoms with E-state index >= 15 is 4.39 Å². The lowest BCUT2D eigenvalue weighted by Gasteiger charge is -2.27. The second-order valence-electron chi connectivity index (χ2n) is 21.4. The van der Waals surface area contributed by atoms with Crippen LogP contribution in [0.15, 0.2) is 31.3 Å². The third-order valence-electron chi connectivity index (χ3n) is 14.1. The number of alkyl carbamates (subject to hydrolysis) is 2. The van der Waals surface area contributed by atoms with E-state index in [1.165, 1.54) is 22.7 Å². The summed E-state index contributed by atoms with van der Waals surface area (Å²) in [6.45, 7) is 14.3. The van der Waals surface area contributed by atoms with E-state index < -0.39 is 63.0 Å². The molecule has 4 aromatic rings. The van der Waals surface area contributed by atoms with Gasteiger partial charge < -0.3 is 51.5 Å². The molecule has 2 aromatic carbocycles. The van der Waals surface area contributed by atoms with Gasteiger partial charge in [0.15, 0.2) is 23.1 Å². The number of nitrogens with zero attached hydrogens (tertiary/aromatic N) is 5. The summed E-state index contributed by atoms with van der Waals surface area (Å²) in [6, 6.07) is 1.82. The fourth-order valence-electron chi connectivity index (χ4n) is 10.8. The average Bonchev–Trinajstić information content (AvgIpc) is 4.14. The van der Waals surface area contributed by atoms with Gasteiger partial charge in [0.25, 0.3) is 11.1 Å². The minimum absolute atomic E-state index is 0.0148. The van der Waals surface area contributed by atoms with E-state index in [0.717, 1.165) is 70.4 Å². The van der Waals surface area contributed by atoms with Crippen LogP contribution < -0.4 is 64.5 Å². The van der Waals surface area contributed by atoms with E-state index in [1.807, 2.05) is 46.4 Å². The summed E-state index contributed by atoms with van der Waals surface area (Å²) in [5, 5.41) is 9.21. The molecule has 0 spiro atoms. The van der Waals surface area contributed by atoms with E-state index in [0.29, 0.717) is 47.2 Å². The molecule has 388 valence electrons. The maximum Gasteiger partial charge on any atom is 0.407 e. The molecule has 0 bridgehead atoms. The molecular weight excluding hydrogens is 934 g/mol. The fourth-order valence-corrected chi connectivity index (χ4v) is 10.8. The number of carbonyl (C=O) groups excluding carboxylic acids is 2. The van der Waals surface area contributed by atoms with Crippen LogP contribution in [-0.4, -0.2) is 94.4 Å². The summed E-state index contributed by atoms with van der Waals surface area (Å²) in [5.41, 5.74) is -3.59. The Morgan fingerprint density at radius 3 is 1.58 bits per heavy atom. The van der Waals surface area contributed by atoms with Crippen molar-refractivity contribution in [3.63, 3.8) is 0 Å². The smallest absolute Gasteiger partial charge is 0.407 e. The summed E-state index contributed by atoms with van der Waals surface area (Å²) in [5.74, 6) is 9.50. The molecule has 20 nitrogen and oxygen atoms in total. The highest BCUT2D eigenvalue weighted by atomic mass is 19.2. The van der Waals surface area contributed by atoms with Gasteiger partial charge in [0.2, 0.25) is 5.82 Å². The van der Waals surface area contributed by atoms with Gasteiger partial charge in [-0.3, -0.25) is 18.7 Å². The van der Waals surface area contributed by atoms with Crippen LogP contribution in [0.25, 0.3) is 21.8 Å². The van der Waals surface area contributed by atoms with Crippen molar-refractivity contribution in [2.45, 2.75) is 128 Å². The number of methoxy groups -OCH3 is 2. The highest BCUT2D eigenvalue weighted by Crippen LogP contribution is 2.47. The Morgan fingerprint density at radius 2 is 1.10 bits per heavy atom. The highest BCUT2D eigenvalue weighted by molar-refractivity contribution is 5.91. The van der Waals surface area contributed by atoms with Gasteiger partial charge in [-0.25, -0.2) is 28.0 Å². The first-order valence-corrected chi connectivity index (χ1v) is 24.2. The van der Waals surface area contributed by atoms with Gasteiger partial charge in [0.1, 0.15) is 27.9 Å². The maximum atomic E-state index is 15.6. The third-order valence-corrected chi connectivity index (χ3v) is 14.1. The maximum absolute atomic E-state index is 15.6. The molecule has 2 amide bonds. The van der Waals surface area contributed by atoms with Crippen LogP contribution in [0.4, 0.5) is 28.4 Å². The number of hydrogen-bond donors (Lipinski definition) is 5. The van der Waals surface area contributed by atoms with E-state index in [9.17, 15) is 37.5 Å². The average molecular weight is 999 g/mol. The Hall–Kier alpha value is -6.39. The lowest BCUT2D eigenvalue weighted by Crippen LogP contribution is -2.44. The number of aromatic nitrogens is 4. The van der Waals surface area contributed by atoms with Gasteiger partial charge >= 0.3 is 23.6 Å². The molecule has 6 unspecified atom stereocenters. The van der Waals surface area contributed by atoms with Crippen molar-refractivity contribution in [3.05, 3.63) is 71.3 Å². The molecule has 2 aliphatic heterocycles. The van der Waals surface area contributed by atoms with Gasteiger partial charge in [-0.15, -0.1) is 0 Å². The molecule has 4 aliphatic carbocycles. The fraction of sp³-hybridized carbons (Fsp3) is 0.625. The molecule has 23 heteroatoms. The van der Waals surface area contributed by atoms with Crippen molar-refractivity contribution < 1.29 is 41.7 Å². The molecular formula is C48H65F3N10O10. The SMILES string of the molecule is CC(C)(C)OC(=O)NC1CCC2CNCC21.COc1c(F)c(F)cc2c(=O)n(N)c(=O)n(C3CC3)c12.COc1c(N2CC3CCC(NC(=O)OC(C)(C)C)C3C2)c(F)cc2c(=O)n(N)c(=O)n(C3CC3)c12. The zero-order valence-electron chi connectivity index (χ0n) is 41.4.